The maximum absolute atomic E-state index is 6.48. The van der Waals surface area contributed by atoms with Crippen LogP contribution in [0.5, 0.6) is 5.75 Å². The lowest BCUT2D eigenvalue weighted by Gasteiger charge is -2.32. The Labute approximate surface area is 109 Å². The molecule has 1 saturated heterocycles. The lowest BCUT2D eigenvalue weighted by Crippen LogP contribution is -2.36. The minimum Gasteiger partial charge on any atom is -0.497 e. The zero-order chi connectivity index (χ0) is 13.0. The second kappa shape index (κ2) is 5.72. The van der Waals surface area contributed by atoms with Gasteiger partial charge in [0.2, 0.25) is 0 Å². The first-order valence-corrected chi connectivity index (χ1v) is 6.63. The van der Waals surface area contributed by atoms with Gasteiger partial charge in [0.25, 0.3) is 0 Å². The topological polar surface area (TPSA) is 44.5 Å². The zero-order valence-electron chi connectivity index (χ0n) is 11.3. The third-order valence-corrected chi connectivity index (χ3v) is 3.80. The molecule has 2 N–H and O–H groups in total. The van der Waals surface area contributed by atoms with Crippen LogP contribution in [-0.4, -0.2) is 20.3 Å². The summed E-state index contributed by atoms with van der Waals surface area (Å²) in [6.07, 6.45) is 3.27. The molecule has 3 nitrogen and oxygen atoms in total. The van der Waals surface area contributed by atoms with E-state index in [2.05, 4.69) is 19.1 Å². The van der Waals surface area contributed by atoms with Crippen molar-refractivity contribution in [1.82, 2.24) is 0 Å². The van der Waals surface area contributed by atoms with Gasteiger partial charge in [0, 0.05) is 18.8 Å². The van der Waals surface area contributed by atoms with E-state index in [1.807, 2.05) is 12.1 Å². The third-order valence-electron chi connectivity index (χ3n) is 3.80. The molecule has 1 aromatic rings. The van der Waals surface area contributed by atoms with Gasteiger partial charge in [-0.05, 0) is 49.8 Å². The molecule has 0 aliphatic carbocycles. The normalized spacial score (nSPS) is 20.4. The lowest BCUT2D eigenvalue weighted by atomic mass is 9.81. The van der Waals surface area contributed by atoms with Gasteiger partial charge >= 0.3 is 0 Å². The molecule has 18 heavy (non-hydrogen) atoms. The molecule has 100 valence electrons. The van der Waals surface area contributed by atoms with Crippen molar-refractivity contribution in [2.24, 2.45) is 11.7 Å². The highest BCUT2D eigenvalue weighted by atomic mass is 16.5. The summed E-state index contributed by atoms with van der Waals surface area (Å²) in [5, 5.41) is 0. The molecule has 1 aliphatic rings. The van der Waals surface area contributed by atoms with Crippen LogP contribution >= 0.6 is 0 Å². The fourth-order valence-corrected chi connectivity index (χ4v) is 2.64. The molecule has 1 unspecified atom stereocenters. The molecule has 0 radical (unpaired) electrons. The van der Waals surface area contributed by atoms with Crippen molar-refractivity contribution in [1.29, 1.82) is 0 Å². The number of ether oxygens (including phenoxy) is 2. The first kappa shape index (κ1) is 13.4. The first-order valence-electron chi connectivity index (χ1n) is 6.63. The second-order valence-corrected chi connectivity index (χ2v) is 5.41. The average Bonchev–Trinajstić information content (AvgIpc) is 2.39. The van der Waals surface area contributed by atoms with E-state index in [1.54, 1.807) is 7.11 Å². The van der Waals surface area contributed by atoms with Crippen molar-refractivity contribution in [3.8, 4) is 5.75 Å². The molecule has 1 aliphatic heterocycles. The SMILES string of the molecule is COc1ccc(C(C)(N)CC2CCOCC2)cc1. The molecule has 0 spiro atoms. The molecule has 2 rings (SSSR count). The summed E-state index contributed by atoms with van der Waals surface area (Å²) in [6, 6.07) is 8.09. The third kappa shape index (κ3) is 3.24. The number of hydrogen-bond acceptors (Lipinski definition) is 3. The summed E-state index contributed by atoms with van der Waals surface area (Å²) in [4.78, 5) is 0. The number of nitrogens with two attached hydrogens (primary N) is 1. The molecule has 0 amide bonds. The van der Waals surface area contributed by atoms with Crippen molar-refractivity contribution in [3.05, 3.63) is 29.8 Å². The largest absolute Gasteiger partial charge is 0.497 e. The van der Waals surface area contributed by atoms with Gasteiger partial charge in [0.1, 0.15) is 5.75 Å². The van der Waals surface area contributed by atoms with E-state index >= 15 is 0 Å². The molecule has 0 saturated carbocycles. The van der Waals surface area contributed by atoms with Crippen molar-refractivity contribution in [2.45, 2.75) is 31.7 Å². The van der Waals surface area contributed by atoms with E-state index in [9.17, 15) is 0 Å². The number of rotatable bonds is 4. The maximum atomic E-state index is 6.48. The molecular weight excluding hydrogens is 226 g/mol. The first-order chi connectivity index (χ1) is 8.62. The number of hydrogen-bond donors (Lipinski definition) is 1. The van der Waals surface area contributed by atoms with E-state index < -0.39 is 0 Å². The molecule has 1 fully saturated rings. The van der Waals surface area contributed by atoms with E-state index in [1.165, 1.54) is 5.56 Å². The van der Waals surface area contributed by atoms with Crippen LogP contribution in [0.15, 0.2) is 24.3 Å². The smallest absolute Gasteiger partial charge is 0.118 e. The Balaban J connectivity index is 2.03. The molecular formula is C15H23NO2. The predicted octanol–water partition coefficient (Wildman–Crippen LogP) is 2.69. The highest BCUT2D eigenvalue weighted by molar-refractivity contribution is 5.31. The second-order valence-electron chi connectivity index (χ2n) is 5.41. The summed E-state index contributed by atoms with van der Waals surface area (Å²) in [6.45, 7) is 3.87. The van der Waals surface area contributed by atoms with Gasteiger partial charge in [0.15, 0.2) is 0 Å². The van der Waals surface area contributed by atoms with Gasteiger partial charge in [-0.15, -0.1) is 0 Å². The van der Waals surface area contributed by atoms with Gasteiger partial charge in [-0.1, -0.05) is 12.1 Å². The monoisotopic (exact) mass is 249 g/mol. The van der Waals surface area contributed by atoms with Crippen LogP contribution in [0, 0.1) is 5.92 Å². The quantitative estimate of drug-likeness (QED) is 0.892. The summed E-state index contributed by atoms with van der Waals surface area (Å²) in [5.74, 6) is 1.55. The standard InChI is InChI=1S/C15H23NO2/c1-15(16,11-12-7-9-18-10-8-12)13-3-5-14(17-2)6-4-13/h3-6,12H,7-11,16H2,1-2H3. The summed E-state index contributed by atoms with van der Waals surface area (Å²) < 4.78 is 10.6. The van der Waals surface area contributed by atoms with Crippen molar-refractivity contribution < 1.29 is 9.47 Å². The molecule has 0 aromatic heterocycles. The van der Waals surface area contributed by atoms with Crippen LogP contribution in [0.3, 0.4) is 0 Å². The Kier molecular flexibility index (Phi) is 4.25. The van der Waals surface area contributed by atoms with Crippen LogP contribution in [0.25, 0.3) is 0 Å². The summed E-state index contributed by atoms with van der Waals surface area (Å²) in [5.41, 5.74) is 7.38. The molecule has 0 bridgehead atoms. The molecule has 1 heterocycles. The van der Waals surface area contributed by atoms with Gasteiger partial charge in [-0.3, -0.25) is 0 Å². The van der Waals surface area contributed by atoms with Crippen molar-refractivity contribution in [2.75, 3.05) is 20.3 Å². The van der Waals surface area contributed by atoms with Crippen molar-refractivity contribution in [3.63, 3.8) is 0 Å². The van der Waals surface area contributed by atoms with E-state index in [4.69, 9.17) is 15.2 Å². The van der Waals surface area contributed by atoms with Gasteiger partial charge in [-0.2, -0.15) is 0 Å². The average molecular weight is 249 g/mol. The fraction of sp³-hybridized carbons (Fsp3) is 0.600. The van der Waals surface area contributed by atoms with Crippen LogP contribution in [0.1, 0.15) is 31.7 Å². The Morgan fingerprint density at radius 1 is 1.28 bits per heavy atom. The van der Waals surface area contributed by atoms with Gasteiger partial charge in [-0.25, -0.2) is 0 Å². The Hall–Kier alpha value is -1.06. The Morgan fingerprint density at radius 2 is 1.89 bits per heavy atom. The van der Waals surface area contributed by atoms with Crippen LogP contribution in [-0.2, 0) is 10.3 Å². The van der Waals surface area contributed by atoms with E-state index in [0.717, 1.165) is 38.2 Å². The minimum atomic E-state index is -0.270. The molecule has 3 heteroatoms. The zero-order valence-corrected chi connectivity index (χ0v) is 11.3. The van der Waals surface area contributed by atoms with Gasteiger partial charge in [0.05, 0.1) is 7.11 Å². The van der Waals surface area contributed by atoms with Crippen LogP contribution in [0.4, 0.5) is 0 Å². The fourth-order valence-electron chi connectivity index (χ4n) is 2.64. The molecule has 1 aromatic carbocycles. The summed E-state index contributed by atoms with van der Waals surface area (Å²) >= 11 is 0. The van der Waals surface area contributed by atoms with E-state index in [-0.39, 0.29) is 5.54 Å². The van der Waals surface area contributed by atoms with Crippen molar-refractivity contribution >= 4 is 0 Å². The number of benzene rings is 1. The number of methoxy groups -OCH3 is 1. The minimum absolute atomic E-state index is 0.270. The molecule has 1 atom stereocenters. The predicted molar refractivity (Wildman–Crippen MR) is 72.7 cm³/mol. The summed E-state index contributed by atoms with van der Waals surface area (Å²) in [7, 11) is 1.68. The van der Waals surface area contributed by atoms with Gasteiger partial charge < -0.3 is 15.2 Å². The highest BCUT2D eigenvalue weighted by Gasteiger charge is 2.27. The van der Waals surface area contributed by atoms with Crippen LogP contribution in [0.2, 0.25) is 0 Å². The lowest BCUT2D eigenvalue weighted by molar-refractivity contribution is 0.0570. The van der Waals surface area contributed by atoms with E-state index in [0.29, 0.717) is 5.92 Å². The maximum Gasteiger partial charge on any atom is 0.118 e. The van der Waals surface area contributed by atoms with Crippen LogP contribution < -0.4 is 10.5 Å². The Bertz CT molecular complexity index is 367. The highest BCUT2D eigenvalue weighted by Crippen LogP contribution is 2.31. The Morgan fingerprint density at radius 3 is 2.44 bits per heavy atom.